The number of methoxy groups -OCH3 is 2. The number of hydrogen-bond donors (Lipinski definition) is 1. The van der Waals surface area contributed by atoms with Crippen LogP contribution in [0, 0.1) is 0 Å². The maximum absolute atomic E-state index is 11.9. The molecule has 5 heteroatoms. The minimum Gasteiger partial charge on any atom is -0.493 e. The van der Waals surface area contributed by atoms with Crippen LogP contribution in [0.15, 0.2) is 18.3 Å². The highest BCUT2D eigenvalue weighted by molar-refractivity contribution is 5.84. The van der Waals surface area contributed by atoms with Gasteiger partial charge in [0, 0.05) is 6.20 Å². The fourth-order valence-corrected chi connectivity index (χ4v) is 1.85. The fourth-order valence-electron chi connectivity index (χ4n) is 1.85. The van der Waals surface area contributed by atoms with Crippen molar-refractivity contribution in [2.24, 2.45) is 0 Å². The fraction of sp³-hybridized carbons (Fsp3) is 0.538. The van der Waals surface area contributed by atoms with Crippen molar-refractivity contribution in [3.8, 4) is 5.75 Å². The molecule has 0 saturated heterocycles. The number of esters is 1. The molecule has 0 saturated carbocycles. The topological polar surface area (TPSA) is 60.5 Å². The van der Waals surface area contributed by atoms with Crippen molar-refractivity contribution in [3.63, 3.8) is 0 Å². The highest BCUT2D eigenvalue weighted by atomic mass is 16.5. The van der Waals surface area contributed by atoms with Gasteiger partial charge in [-0.05, 0) is 25.5 Å². The maximum atomic E-state index is 11.9. The van der Waals surface area contributed by atoms with Crippen molar-refractivity contribution in [1.29, 1.82) is 0 Å². The van der Waals surface area contributed by atoms with E-state index >= 15 is 0 Å². The summed E-state index contributed by atoms with van der Waals surface area (Å²) in [6, 6.07) is 3.57. The molecule has 0 amide bonds. The van der Waals surface area contributed by atoms with Crippen LogP contribution in [0.2, 0.25) is 0 Å². The molecule has 0 radical (unpaired) electrons. The number of hydrogen-bond acceptors (Lipinski definition) is 5. The molecule has 1 heterocycles. The quantitative estimate of drug-likeness (QED) is 0.787. The van der Waals surface area contributed by atoms with Gasteiger partial charge in [0.15, 0.2) is 11.6 Å². The molecule has 18 heavy (non-hydrogen) atoms. The van der Waals surface area contributed by atoms with Crippen LogP contribution in [-0.2, 0) is 9.53 Å². The molecule has 0 bridgehead atoms. The van der Waals surface area contributed by atoms with Gasteiger partial charge in [-0.15, -0.1) is 0 Å². The van der Waals surface area contributed by atoms with Crippen molar-refractivity contribution in [1.82, 2.24) is 4.98 Å². The average Bonchev–Trinajstić information content (AvgIpc) is 2.38. The number of rotatable bonds is 6. The predicted octanol–water partition coefficient (Wildman–Crippen LogP) is 2.23. The van der Waals surface area contributed by atoms with Crippen LogP contribution in [0.3, 0.4) is 0 Å². The minimum atomic E-state index is -0.800. The smallest absolute Gasteiger partial charge is 0.331 e. The Labute approximate surface area is 108 Å². The van der Waals surface area contributed by atoms with Crippen LogP contribution in [0.1, 0.15) is 26.7 Å². The van der Waals surface area contributed by atoms with Gasteiger partial charge in [0.2, 0.25) is 0 Å². The van der Waals surface area contributed by atoms with Crippen LogP contribution in [0.25, 0.3) is 0 Å². The third-order valence-electron chi connectivity index (χ3n) is 2.77. The van der Waals surface area contributed by atoms with E-state index in [0.29, 0.717) is 18.0 Å². The van der Waals surface area contributed by atoms with Crippen molar-refractivity contribution in [2.75, 3.05) is 19.5 Å². The first-order valence-electron chi connectivity index (χ1n) is 5.93. The summed E-state index contributed by atoms with van der Waals surface area (Å²) in [6.07, 6.45) is 3.15. The van der Waals surface area contributed by atoms with Crippen molar-refractivity contribution in [3.05, 3.63) is 18.3 Å². The molecule has 1 rings (SSSR count). The molecule has 1 N–H and O–H groups in total. The number of aromatic nitrogens is 1. The molecule has 1 atom stereocenters. The first kappa shape index (κ1) is 14.3. The zero-order valence-corrected chi connectivity index (χ0v) is 11.3. The summed E-state index contributed by atoms with van der Waals surface area (Å²) >= 11 is 0. The van der Waals surface area contributed by atoms with E-state index in [-0.39, 0.29) is 5.97 Å². The number of anilines is 1. The van der Waals surface area contributed by atoms with E-state index in [2.05, 4.69) is 10.3 Å². The van der Waals surface area contributed by atoms with Gasteiger partial charge in [-0.25, -0.2) is 9.78 Å². The summed E-state index contributed by atoms with van der Waals surface area (Å²) in [5.74, 6) is 0.835. The zero-order valence-electron chi connectivity index (χ0n) is 11.3. The molecule has 5 nitrogen and oxygen atoms in total. The number of nitrogens with zero attached hydrogens (tertiary/aromatic N) is 1. The molecule has 0 spiro atoms. The number of ether oxygens (including phenoxy) is 2. The van der Waals surface area contributed by atoms with E-state index in [4.69, 9.17) is 9.47 Å². The van der Waals surface area contributed by atoms with E-state index in [0.717, 1.165) is 6.42 Å². The predicted molar refractivity (Wildman–Crippen MR) is 69.7 cm³/mol. The zero-order chi connectivity index (χ0) is 13.6. The maximum Gasteiger partial charge on any atom is 0.331 e. The Kier molecular flexibility index (Phi) is 4.95. The first-order valence-corrected chi connectivity index (χ1v) is 5.93. The van der Waals surface area contributed by atoms with Gasteiger partial charge in [-0.3, -0.25) is 0 Å². The third kappa shape index (κ3) is 3.12. The highest BCUT2D eigenvalue weighted by Gasteiger charge is 2.34. The van der Waals surface area contributed by atoms with E-state index in [9.17, 15) is 4.79 Å². The van der Waals surface area contributed by atoms with Crippen molar-refractivity contribution in [2.45, 2.75) is 32.2 Å². The van der Waals surface area contributed by atoms with E-state index in [1.54, 1.807) is 32.4 Å². The Balaban J connectivity index is 2.99. The lowest BCUT2D eigenvalue weighted by Crippen LogP contribution is -2.44. The summed E-state index contributed by atoms with van der Waals surface area (Å²) in [6.45, 7) is 3.81. The normalized spacial score (nSPS) is 13.6. The number of carbonyl (C=O) groups excluding carboxylic acids is 1. The lowest BCUT2D eigenvalue weighted by molar-refractivity contribution is -0.145. The van der Waals surface area contributed by atoms with Gasteiger partial charge in [0.05, 0.1) is 14.2 Å². The Morgan fingerprint density at radius 3 is 2.78 bits per heavy atom. The van der Waals surface area contributed by atoms with Crippen LogP contribution < -0.4 is 10.1 Å². The van der Waals surface area contributed by atoms with Gasteiger partial charge < -0.3 is 14.8 Å². The minimum absolute atomic E-state index is 0.308. The summed E-state index contributed by atoms with van der Waals surface area (Å²) in [5, 5.41) is 3.12. The van der Waals surface area contributed by atoms with Crippen LogP contribution >= 0.6 is 0 Å². The molecule has 100 valence electrons. The van der Waals surface area contributed by atoms with Crippen molar-refractivity contribution < 1.29 is 14.3 Å². The monoisotopic (exact) mass is 252 g/mol. The molecular formula is C13H20N2O3. The second-order valence-electron chi connectivity index (χ2n) is 4.25. The molecule has 1 aromatic rings. The van der Waals surface area contributed by atoms with Gasteiger partial charge in [-0.2, -0.15) is 0 Å². The number of nitrogens with one attached hydrogen (secondary N) is 1. The average molecular weight is 252 g/mol. The van der Waals surface area contributed by atoms with E-state index in [1.165, 1.54) is 7.11 Å². The number of pyridine rings is 1. The first-order chi connectivity index (χ1) is 8.57. The Bertz CT molecular complexity index is 409. The SMILES string of the molecule is CCCC(C)(Nc1ncccc1OC)C(=O)OC. The highest BCUT2D eigenvalue weighted by Crippen LogP contribution is 2.26. The molecule has 0 fully saturated rings. The van der Waals surface area contributed by atoms with Crippen LogP contribution in [0.4, 0.5) is 5.82 Å². The number of carbonyl (C=O) groups is 1. The lowest BCUT2D eigenvalue weighted by atomic mass is 9.96. The Hall–Kier alpha value is -1.78. The van der Waals surface area contributed by atoms with Gasteiger partial charge in [-0.1, -0.05) is 13.3 Å². The second kappa shape index (κ2) is 6.23. The molecule has 0 aliphatic carbocycles. The van der Waals surface area contributed by atoms with E-state index in [1.807, 2.05) is 6.92 Å². The summed E-state index contributed by atoms with van der Waals surface area (Å²) < 4.78 is 10.0. The molecule has 1 aromatic heterocycles. The molecule has 0 aliphatic heterocycles. The molecule has 1 unspecified atom stereocenters. The van der Waals surface area contributed by atoms with Gasteiger partial charge in [0.1, 0.15) is 5.54 Å². The largest absolute Gasteiger partial charge is 0.493 e. The van der Waals surface area contributed by atoms with E-state index < -0.39 is 5.54 Å². The molecule has 0 aliphatic rings. The van der Waals surface area contributed by atoms with Crippen molar-refractivity contribution >= 4 is 11.8 Å². The Morgan fingerprint density at radius 1 is 1.50 bits per heavy atom. The molecular weight excluding hydrogens is 232 g/mol. The summed E-state index contributed by atoms with van der Waals surface area (Å²) in [7, 11) is 2.95. The van der Waals surface area contributed by atoms with Crippen LogP contribution in [0.5, 0.6) is 5.75 Å². The lowest BCUT2D eigenvalue weighted by Gasteiger charge is -2.28. The van der Waals surface area contributed by atoms with Crippen LogP contribution in [-0.4, -0.2) is 30.7 Å². The standard InChI is InChI=1S/C13H20N2O3/c1-5-8-13(2,12(16)18-4)15-11-10(17-3)7-6-9-14-11/h6-7,9H,5,8H2,1-4H3,(H,14,15). The molecule has 0 aromatic carbocycles. The third-order valence-corrected chi connectivity index (χ3v) is 2.77. The van der Waals surface area contributed by atoms with Gasteiger partial charge in [0.25, 0.3) is 0 Å². The summed E-state index contributed by atoms with van der Waals surface area (Å²) in [5.41, 5.74) is -0.800. The van der Waals surface area contributed by atoms with Gasteiger partial charge >= 0.3 is 5.97 Å². The summed E-state index contributed by atoms with van der Waals surface area (Å²) in [4.78, 5) is 16.1. The Morgan fingerprint density at radius 2 is 2.22 bits per heavy atom. The second-order valence-corrected chi connectivity index (χ2v) is 4.25.